The first kappa shape index (κ1) is 19.1. The predicted octanol–water partition coefficient (Wildman–Crippen LogP) is 4.36. The minimum Gasteiger partial charge on any atom is -0.481 e. The molecule has 1 amide bonds. The molecule has 1 fully saturated rings. The van der Waals surface area contributed by atoms with Gasteiger partial charge in [-0.05, 0) is 49.8 Å². The fourth-order valence-electron chi connectivity index (χ4n) is 3.61. The zero-order valence-electron chi connectivity index (χ0n) is 15.3. The molecule has 1 unspecified atom stereocenters. The summed E-state index contributed by atoms with van der Waals surface area (Å²) in [6.07, 6.45) is 2.48. The van der Waals surface area contributed by atoms with Crippen molar-refractivity contribution < 1.29 is 19.1 Å². The fraction of sp³-hybridized carbons (Fsp3) is 0.364. The predicted molar refractivity (Wildman–Crippen MR) is 102 cm³/mol. The van der Waals surface area contributed by atoms with Gasteiger partial charge in [-0.1, -0.05) is 42.5 Å². The highest BCUT2D eigenvalue weighted by Gasteiger charge is 2.28. The summed E-state index contributed by atoms with van der Waals surface area (Å²) < 4.78 is 14.5. The lowest BCUT2D eigenvalue weighted by molar-refractivity contribution is -0.142. The second-order valence-corrected chi connectivity index (χ2v) is 7.22. The highest BCUT2D eigenvalue weighted by atomic mass is 19.1. The van der Waals surface area contributed by atoms with Gasteiger partial charge in [0.1, 0.15) is 5.82 Å². The molecule has 4 nitrogen and oxygen atoms in total. The number of halogens is 1. The Labute approximate surface area is 158 Å². The molecule has 2 aromatic carbocycles. The summed E-state index contributed by atoms with van der Waals surface area (Å²) in [5, 5.41) is 12.0. The number of nitrogens with one attached hydrogen (secondary N) is 1. The van der Waals surface area contributed by atoms with Crippen molar-refractivity contribution in [3.05, 3.63) is 59.9 Å². The van der Waals surface area contributed by atoms with Gasteiger partial charge in [0.2, 0.25) is 5.91 Å². The topological polar surface area (TPSA) is 66.4 Å². The molecule has 2 N–H and O–H groups in total. The Kier molecular flexibility index (Phi) is 5.89. The number of carbonyl (C=O) groups excluding carboxylic acids is 1. The number of hydrogen-bond donors (Lipinski definition) is 2. The maximum Gasteiger partial charge on any atom is 0.306 e. The van der Waals surface area contributed by atoms with Gasteiger partial charge in [-0.15, -0.1) is 0 Å². The molecular formula is C22H24FNO3. The summed E-state index contributed by atoms with van der Waals surface area (Å²) in [6, 6.07) is 14.2. The van der Waals surface area contributed by atoms with E-state index in [1.807, 2.05) is 30.3 Å². The second-order valence-electron chi connectivity index (χ2n) is 7.22. The minimum atomic E-state index is -0.762. The summed E-state index contributed by atoms with van der Waals surface area (Å²) in [6.45, 7) is 1.76. The SMILES string of the molecule is CC(C(=O)NC1CCC(C(=O)O)CC1)c1ccc(-c2ccccc2)c(F)c1. The van der Waals surface area contributed by atoms with Crippen molar-refractivity contribution in [2.24, 2.45) is 5.92 Å². The number of amides is 1. The molecule has 0 spiro atoms. The molecule has 27 heavy (non-hydrogen) atoms. The second kappa shape index (κ2) is 8.33. The van der Waals surface area contributed by atoms with Crippen LogP contribution in [0.25, 0.3) is 11.1 Å². The van der Waals surface area contributed by atoms with Crippen molar-refractivity contribution >= 4 is 11.9 Å². The van der Waals surface area contributed by atoms with Crippen molar-refractivity contribution in [3.8, 4) is 11.1 Å². The first-order valence-corrected chi connectivity index (χ1v) is 9.33. The molecule has 0 bridgehead atoms. The van der Waals surface area contributed by atoms with Gasteiger partial charge in [-0.25, -0.2) is 4.39 Å². The number of benzene rings is 2. The lowest BCUT2D eigenvalue weighted by Crippen LogP contribution is -2.40. The van der Waals surface area contributed by atoms with Gasteiger partial charge in [0.25, 0.3) is 0 Å². The number of hydrogen-bond acceptors (Lipinski definition) is 2. The Morgan fingerprint density at radius 1 is 1.07 bits per heavy atom. The van der Waals surface area contributed by atoms with Gasteiger partial charge in [0.05, 0.1) is 11.8 Å². The molecule has 142 valence electrons. The van der Waals surface area contributed by atoms with Gasteiger partial charge >= 0.3 is 5.97 Å². The van der Waals surface area contributed by atoms with Crippen LogP contribution in [0.3, 0.4) is 0 Å². The normalized spacial score (nSPS) is 20.7. The zero-order chi connectivity index (χ0) is 19.4. The van der Waals surface area contributed by atoms with Gasteiger partial charge in [-0.2, -0.15) is 0 Å². The largest absolute Gasteiger partial charge is 0.481 e. The molecule has 0 heterocycles. The van der Waals surface area contributed by atoms with Gasteiger partial charge in [-0.3, -0.25) is 9.59 Å². The highest BCUT2D eigenvalue weighted by molar-refractivity contribution is 5.83. The lowest BCUT2D eigenvalue weighted by Gasteiger charge is -2.28. The maximum atomic E-state index is 14.5. The third kappa shape index (κ3) is 4.54. The van der Waals surface area contributed by atoms with Crippen molar-refractivity contribution in [1.29, 1.82) is 0 Å². The third-order valence-corrected chi connectivity index (χ3v) is 5.39. The lowest BCUT2D eigenvalue weighted by atomic mass is 9.85. The molecular weight excluding hydrogens is 345 g/mol. The van der Waals surface area contributed by atoms with E-state index in [0.29, 0.717) is 36.8 Å². The molecule has 0 radical (unpaired) electrons. The summed E-state index contributed by atoms with van der Waals surface area (Å²) in [5.41, 5.74) is 1.94. The van der Waals surface area contributed by atoms with Crippen LogP contribution in [-0.4, -0.2) is 23.0 Å². The Hall–Kier alpha value is -2.69. The Balaban J connectivity index is 1.63. The summed E-state index contributed by atoms with van der Waals surface area (Å²) in [5.74, 6) is -2.04. The molecule has 0 saturated heterocycles. The van der Waals surface area contributed by atoms with Crippen LogP contribution in [0.1, 0.15) is 44.1 Å². The summed E-state index contributed by atoms with van der Waals surface area (Å²) >= 11 is 0. The molecule has 2 aromatic rings. The highest BCUT2D eigenvalue weighted by Crippen LogP contribution is 2.28. The summed E-state index contributed by atoms with van der Waals surface area (Å²) in [4.78, 5) is 23.6. The molecule has 0 aliphatic heterocycles. The zero-order valence-corrected chi connectivity index (χ0v) is 15.3. The van der Waals surface area contributed by atoms with Crippen LogP contribution in [0.15, 0.2) is 48.5 Å². The van der Waals surface area contributed by atoms with Crippen molar-refractivity contribution in [2.75, 3.05) is 0 Å². The van der Waals surface area contributed by atoms with E-state index in [1.165, 1.54) is 6.07 Å². The van der Waals surface area contributed by atoms with Crippen LogP contribution in [0.5, 0.6) is 0 Å². The molecule has 1 aliphatic carbocycles. The van der Waals surface area contributed by atoms with Crippen LogP contribution in [0, 0.1) is 11.7 Å². The van der Waals surface area contributed by atoms with Crippen LogP contribution in [0.4, 0.5) is 4.39 Å². The summed E-state index contributed by atoms with van der Waals surface area (Å²) in [7, 11) is 0. The Morgan fingerprint density at radius 2 is 1.74 bits per heavy atom. The maximum absolute atomic E-state index is 14.5. The molecule has 5 heteroatoms. The van der Waals surface area contributed by atoms with Gasteiger partial charge in [0.15, 0.2) is 0 Å². The van der Waals surface area contributed by atoms with Crippen molar-refractivity contribution in [1.82, 2.24) is 5.32 Å². The van der Waals surface area contributed by atoms with Crippen LogP contribution < -0.4 is 5.32 Å². The number of aliphatic carboxylic acids is 1. The van der Waals surface area contributed by atoms with E-state index >= 15 is 0 Å². The smallest absolute Gasteiger partial charge is 0.306 e. The average molecular weight is 369 g/mol. The first-order valence-electron chi connectivity index (χ1n) is 9.33. The molecule has 3 rings (SSSR count). The number of carboxylic acid groups (broad SMARTS) is 1. The van der Waals surface area contributed by atoms with E-state index in [9.17, 15) is 14.0 Å². The monoisotopic (exact) mass is 369 g/mol. The van der Waals surface area contributed by atoms with Gasteiger partial charge in [0, 0.05) is 11.6 Å². The third-order valence-electron chi connectivity index (χ3n) is 5.39. The molecule has 1 atom stereocenters. The van der Waals surface area contributed by atoms with Crippen LogP contribution in [0.2, 0.25) is 0 Å². The quantitative estimate of drug-likeness (QED) is 0.823. The van der Waals surface area contributed by atoms with Crippen molar-refractivity contribution in [2.45, 2.75) is 44.6 Å². The van der Waals surface area contributed by atoms with E-state index in [2.05, 4.69) is 5.32 Å². The molecule has 0 aromatic heterocycles. The minimum absolute atomic E-state index is 0.0102. The van der Waals surface area contributed by atoms with E-state index in [0.717, 1.165) is 5.56 Å². The first-order chi connectivity index (χ1) is 13.0. The van der Waals surface area contributed by atoms with Gasteiger partial charge < -0.3 is 10.4 Å². The Bertz CT molecular complexity index is 814. The van der Waals surface area contributed by atoms with Crippen LogP contribution >= 0.6 is 0 Å². The Morgan fingerprint density at radius 3 is 2.33 bits per heavy atom. The van der Waals surface area contributed by atoms with Crippen molar-refractivity contribution in [3.63, 3.8) is 0 Å². The molecule has 1 saturated carbocycles. The fourth-order valence-corrected chi connectivity index (χ4v) is 3.61. The standard InChI is InChI=1S/C22H24FNO3/c1-14(21(25)24-18-10-7-16(8-11-18)22(26)27)17-9-12-19(20(23)13-17)15-5-3-2-4-6-15/h2-6,9,12-14,16,18H,7-8,10-11H2,1H3,(H,24,25)(H,26,27). The van der Waals surface area contributed by atoms with E-state index in [-0.39, 0.29) is 23.7 Å². The molecule has 1 aliphatic rings. The number of carboxylic acids is 1. The number of carbonyl (C=O) groups is 2. The van der Waals surface area contributed by atoms with E-state index in [1.54, 1.807) is 19.1 Å². The van der Waals surface area contributed by atoms with E-state index < -0.39 is 11.9 Å². The van der Waals surface area contributed by atoms with Crippen LogP contribution in [-0.2, 0) is 9.59 Å². The average Bonchev–Trinajstić information content (AvgIpc) is 2.68. The van der Waals surface area contributed by atoms with E-state index in [4.69, 9.17) is 5.11 Å². The number of rotatable bonds is 5.